The molecule has 0 bridgehead atoms. The maximum Gasteiger partial charge on any atom is 0.325 e. The molecule has 0 radical (unpaired) electrons. The number of aliphatic carboxylic acids is 1. The number of aromatic nitrogens is 1. The van der Waals surface area contributed by atoms with Crippen molar-refractivity contribution in [1.29, 1.82) is 0 Å². The molecule has 526 valence electrons. The van der Waals surface area contributed by atoms with Crippen LogP contribution in [0.5, 0.6) is 5.75 Å². The highest BCUT2D eigenvalue weighted by atomic mass is 16.4. The molecule has 0 saturated carbocycles. The summed E-state index contributed by atoms with van der Waals surface area (Å²) in [4.78, 5) is 162. The molecule has 2 heterocycles. The zero-order valence-corrected chi connectivity index (χ0v) is 55.0. The molecule has 0 unspecified atom stereocenters. The van der Waals surface area contributed by atoms with Gasteiger partial charge in [-0.2, -0.15) is 0 Å². The first-order valence-electron chi connectivity index (χ1n) is 32.4. The van der Waals surface area contributed by atoms with Crippen LogP contribution in [0.25, 0.3) is 10.8 Å². The van der Waals surface area contributed by atoms with Crippen LogP contribution in [0.4, 0.5) is 4.79 Å². The van der Waals surface area contributed by atoms with Crippen molar-refractivity contribution in [2.75, 3.05) is 26.2 Å². The van der Waals surface area contributed by atoms with Gasteiger partial charge in [-0.15, -0.1) is 0 Å². The highest BCUT2D eigenvalue weighted by molar-refractivity contribution is 5.99. The predicted octanol–water partition coefficient (Wildman–Crippen LogP) is -0.947. The number of phenols is 1. The smallest absolute Gasteiger partial charge is 0.325 e. The second-order valence-electron chi connectivity index (χ2n) is 24.5. The highest BCUT2D eigenvalue weighted by Gasteiger charge is 2.40. The van der Waals surface area contributed by atoms with Crippen LogP contribution in [0.15, 0.2) is 127 Å². The quantitative estimate of drug-likeness (QED) is 0.0130. The number of rotatable bonds is 37. The molecule has 20 N–H and O–H groups in total. The Labute approximate surface area is 567 Å². The molecule has 4 aromatic carbocycles. The molecule has 30 heteroatoms. The lowest BCUT2D eigenvalue weighted by Gasteiger charge is -2.31. The summed E-state index contributed by atoms with van der Waals surface area (Å²) < 4.78 is 0. The van der Waals surface area contributed by atoms with E-state index in [4.69, 9.17) is 22.9 Å². The summed E-state index contributed by atoms with van der Waals surface area (Å²) >= 11 is 0. The van der Waals surface area contributed by atoms with Gasteiger partial charge in [0, 0.05) is 51.3 Å². The summed E-state index contributed by atoms with van der Waals surface area (Å²) in [6.45, 7) is 3.79. The number of aliphatic hydroxyl groups is 1. The average molecular weight is 1360 g/mol. The van der Waals surface area contributed by atoms with Crippen LogP contribution in [0.1, 0.15) is 88.0 Å². The number of benzene rings is 4. The summed E-state index contributed by atoms with van der Waals surface area (Å²) in [5.41, 5.74) is 25.2. The summed E-state index contributed by atoms with van der Waals surface area (Å²) in [5.74, 6) is -9.64. The molecular formula is C68H90N16O14. The maximum absolute atomic E-state index is 14.8. The van der Waals surface area contributed by atoms with E-state index < -0.39 is 132 Å². The lowest BCUT2D eigenvalue weighted by Crippen LogP contribution is -2.61. The van der Waals surface area contributed by atoms with Gasteiger partial charge in [-0.3, -0.25) is 57.9 Å². The number of amides is 11. The van der Waals surface area contributed by atoms with Crippen molar-refractivity contribution in [3.63, 3.8) is 0 Å². The first-order valence-corrected chi connectivity index (χ1v) is 32.4. The number of guanidine groups is 1. The van der Waals surface area contributed by atoms with E-state index in [2.05, 4.69) is 57.8 Å². The van der Waals surface area contributed by atoms with E-state index in [-0.39, 0.29) is 101 Å². The first kappa shape index (κ1) is 76.3. The van der Waals surface area contributed by atoms with Gasteiger partial charge in [0.25, 0.3) is 0 Å². The van der Waals surface area contributed by atoms with Crippen LogP contribution >= 0.6 is 0 Å². The van der Waals surface area contributed by atoms with E-state index in [0.29, 0.717) is 23.1 Å². The number of phenolic OH excluding ortho intramolecular Hbond substituents is 1. The number of nitrogens with zero attached hydrogens (tertiary/aromatic N) is 3. The van der Waals surface area contributed by atoms with Crippen LogP contribution in [0, 0.1) is 5.92 Å². The molecule has 1 aliphatic rings. The van der Waals surface area contributed by atoms with E-state index in [1.807, 2.05) is 42.5 Å². The van der Waals surface area contributed by atoms with E-state index in [1.165, 1.54) is 48.5 Å². The highest BCUT2D eigenvalue weighted by Crippen LogP contribution is 2.22. The minimum absolute atomic E-state index is 0.00783. The number of urea groups is 1. The molecule has 5 aromatic rings. The van der Waals surface area contributed by atoms with Crippen molar-refractivity contribution in [2.24, 2.45) is 33.8 Å². The molecule has 11 amide bonds. The molecular weight excluding hydrogens is 1260 g/mol. The number of hydrogen-bond donors (Lipinski definition) is 16. The Hall–Kier alpha value is -10.7. The van der Waals surface area contributed by atoms with Crippen LogP contribution in [-0.2, 0) is 73.6 Å². The number of aromatic hydroxyl groups is 1. The molecule has 1 saturated heterocycles. The van der Waals surface area contributed by atoms with Crippen molar-refractivity contribution in [2.45, 2.75) is 152 Å². The number of fused-ring (bicyclic) bond motifs is 1. The minimum atomic E-state index is -1.82. The number of hydrogen-bond acceptors (Lipinski definition) is 16. The van der Waals surface area contributed by atoms with Crippen molar-refractivity contribution in [3.05, 3.63) is 144 Å². The number of carboxylic acid groups (broad SMARTS) is 1. The third-order valence-electron chi connectivity index (χ3n) is 16.2. The fraction of sp³-hybridized carbons (Fsp3) is 0.426. The van der Waals surface area contributed by atoms with E-state index in [1.54, 1.807) is 56.3 Å². The lowest BCUT2D eigenvalue weighted by atomic mass is 10.00. The summed E-state index contributed by atoms with van der Waals surface area (Å²) in [6, 6.07) is 16.2. The number of aliphatic imine (C=N–C) groups is 1. The molecule has 0 spiro atoms. The van der Waals surface area contributed by atoms with E-state index >= 15 is 0 Å². The van der Waals surface area contributed by atoms with Crippen LogP contribution < -0.4 is 70.8 Å². The lowest BCUT2D eigenvalue weighted by molar-refractivity contribution is -0.144. The summed E-state index contributed by atoms with van der Waals surface area (Å²) in [6.07, 6.45) is 2.96. The van der Waals surface area contributed by atoms with Gasteiger partial charge in [-0.05, 0) is 115 Å². The SMILES string of the molecule is CC(C)C[C@H](NC(=O)[C@@H](CCCNC(N)=O)NC(=O)[C@H](Cc1ccc(O)cc1)NC(=O)[C@H](CO)NC(=O)[C@@H](Cc1cccnc1)NC(=O)[C@@H](Cc1ccccc1)NC(=O)[C@H](N)Cc1ccc2ccccc2c1)C(=O)N[C@@H](CCCN=C(N)N)C(=O)N1CCC[C@H]1C(=O)N[C@H](C)C(=O)O. The summed E-state index contributed by atoms with van der Waals surface area (Å²) in [7, 11) is 0. The zero-order valence-electron chi connectivity index (χ0n) is 55.0. The molecule has 10 atom stereocenters. The Kier molecular flexibility index (Phi) is 29.7. The zero-order chi connectivity index (χ0) is 71.4. The van der Waals surface area contributed by atoms with Crippen LogP contribution in [0.2, 0.25) is 0 Å². The van der Waals surface area contributed by atoms with Gasteiger partial charge >= 0.3 is 12.0 Å². The number of primary amides is 1. The number of nitrogens with one attached hydrogen (secondary N) is 9. The topological polar surface area (TPSA) is 489 Å². The van der Waals surface area contributed by atoms with Gasteiger partial charge in [-0.25, -0.2) is 4.79 Å². The Morgan fingerprint density at radius 1 is 0.571 bits per heavy atom. The van der Waals surface area contributed by atoms with Gasteiger partial charge in [0.1, 0.15) is 60.1 Å². The van der Waals surface area contributed by atoms with Gasteiger partial charge in [0.15, 0.2) is 5.96 Å². The van der Waals surface area contributed by atoms with Crippen LogP contribution in [-0.4, -0.2) is 183 Å². The standard InChI is InChI=1S/C68H90N16O14/c1-39(2)31-51(59(89)78-50(19-11-28-74-67(70)71)65(95)84-30-12-20-56(84)64(94)76-40(3)66(96)97)80-58(88)49(18-10-29-75-68(72)98)77-60(90)53(35-42-22-25-47(86)26-23-42)82-63(93)55(38-85)83-62(92)54(36-44-15-9-27-73-37-44)81-61(91)52(34-41-13-5-4-6-14-41)79-57(87)48(69)33-43-21-24-45-16-7-8-17-46(45)32-43/h4-9,13-17,21-27,32,37,39-40,48-56,85-86H,10-12,18-20,28-31,33-36,38,69H2,1-3H3,(H,76,94)(H,77,90)(H,78,89)(H,79,87)(H,80,88)(H,81,91)(H,82,93)(H,83,92)(H,96,97)(H4,70,71,74)(H3,72,75,98)/t40-,48-,49-,50+,51+,52-,53+,54-,55+,56+/m1/s1. The number of likely N-dealkylation sites (tertiary alicyclic amines) is 1. The third kappa shape index (κ3) is 24.5. The molecule has 1 fully saturated rings. The molecule has 6 rings (SSSR count). The van der Waals surface area contributed by atoms with Gasteiger partial charge in [0.05, 0.1) is 12.6 Å². The monoisotopic (exact) mass is 1350 g/mol. The normalized spacial score (nSPS) is 15.4. The number of carbonyl (C=O) groups is 11. The van der Waals surface area contributed by atoms with Gasteiger partial charge in [-0.1, -0.05) is 105 Å². The first-order chi connectivity index (χ1) is 46.8. The Bertz CT molecular complexity index is 3580. The molecule has 30 nitrogen and oxygen atoms in total. The van der Waals surface area contributed by atoms with Gasteiger partial charge in [0.2, 0.25) is 53.2 Å². The number of aliphatic hydroxyl groups excluding tert-OH is 1. The van der Waals surface area contributed by atoms with Crippen molar-refractivity contribution >= 4 is 81.9 Å². The average Bonchev–Trinajstić information content (AvgIpc) is 0.907. The number of pyridine rings is 1. The number of carbonyl (C=O) groups excluding carboxylic acids is 10. The second-order valence-corrected chi connectivity index (χ2v) is 24.5. The minimum Gasteiger partial charge on any atom is -0.508 e. The van der Waals surface area contributed by atoms with Gasteiger partial charge < -0.3 is 91.0 Å². The largest absolute Gasteiger partial charge is 0.508 e. The fourth-order valence-electron chi connectivity index (χ4n) is 11.0. The van der Waals surface area contributed by atoms with Crippen molar-refractivity contribution in [1.82, 2.24) is 57.7 Å². The number of nitrogens with two attached hydrogens (primary N) is 4. The second kappa shape index (κ2) is 38.1. The Morgan fingerprint density at radius 2 is 1.09 bits per heavy atom. The Morgan fingerprint density at radius 3 is 1.69 bits per heavy atom. The van der Waals surface area contributed by atoms with Crippen molar-refractivity contribution in [3.8, 4) is 5.75 Å². The number of carboxylic acids is 1. The van der Waals surface area contributed by atoms with E-state index in [9.17, 15) is 68.1 Å². The maximum atomic E-state index is 14.8. The van der Waals surface area contributed by atoms with Crippen molar-refractivity contribution < 1.29 is 68.1 Å². The Balaban J connectivity index is 1.23. The summed E-state index contributed by atoms with van der Waals surface area (Å²) in [5, 5.41) is 55.8. The molecule has 1 aromatic heterocycles. The predicted molar refractivity (Wildman–Crippen MR) is 362 cm³/mol. The van der Waals surface area contributed by atoms with Crippen LogP contribution in [0.3, 0.4) is 0 Å². The van der Waals surface area contributed by atoms with E-state index in [0.717, 1.165) is 16.3 Å². The molecule has 1 aliphatic heterocycles. The third-order valence-corrected chi connectivity index (χ3v) is 16.2. The molecule has 0 aliphatic carbocycles. The fourth-order valence-corrected chi connectivity index (χ4v) is 11.0. The molecule has 98 heavy (non-hydrogen) atoms.